The predicted octanol–water partition coefficient (Wildman–Crippen LogP) is 2.77. The van der Waals surface area contributed by atoms with Crippen LogP contribution in [0, 0.1) is 6.92 Å². The van der Waals surface area contributed by atoms with Crippen molar-refractivity contribution < 1.29 is 18.7 Å². The molecule has 9 heteroatoms. The fraction of sp³-hybridized carbons (Fsp3) is 0.292. The van der Waals surface area contributed by atoms with Crippen molar-refractivity contribution in [2.24, 2.45) is 5.73 Å². The Bertz CT molecular complexity index is 1180. The van der Waals surface area contributed by atoms with E-state index in [1.165, 1.54) is 4.68 Å². The summed E-state index contributed by atoms with van der Waals surface area (Å²) in [6.45, 7) is 2.55. The lowest BCUT2D eigenvalue weighted by atomic mass is 10.0. The van der Waals surface area contributed by atoms with Gasteiger partial charge < -0.3 is 21.5 Å². The number of ether oxygens (including phenoxy) is 1. The molecule has 2 atom stereocenters. The van der Waals surface area contributed by atoms with Crippen LogP contribution in [-0.2, 0) is 11.3 Å². The average Bonchev–Trinajstić information content (AvgIpc) is 3.15. The number of nitrogens with one attached hydrogen (secondary N) is 1. The van der Waals surface area contributed by atoms with Gasteiger partial charge in [0, 0.05) is 24.3 Å². The Morgan fingerprint density at radius 1 is 1.21 bits per heavy atom. The van der Waals surface area contributed by atoms with Crippen LogP contribution in [0.3, 0.4) is 0 Å². The van der Waals surface area contributed by atoms with Crippen LogP contribution in [0.4, 0.5) is 10.2 Å². The fourth-order valence-corrected chi connectivity index (χ4v) is 4.00. The number of nitrogens with two attached hydrogens (primary N) is 2. The van der Waals surface area contributed by atoms with Gasteiger partial charge in [0.15, 0.2) is 0 Å². The van der Waals surface area contributed by atoms with E-state index in [1.807, 2.05) is 37.3 Å². The Kier molecular flexibility index (Phi) is 6.41. The zero-order valence-electron chi connectivity index (χ0n) is 18.3. The molecule has 1 aliphatic heterocycles. The van der Waals surface area contributed by atoms with Crippen LogP contribution in [0.25, 0.3) is 11.3 Å². The number of aryl methyl sites for hydroxylation is 1. The van der Waals surface area contributed by atoms with E-state index < -0.39 is 18.1 Å². The molecule has 0 aliphatic carbocycles. The predicted molar refractivity (Wildman–Crippen MR) is 122 cm³/mol. The van der Waals surface area contributed by atoms with Crippen molar-refractivity contribution in [2.75, 3.05) is 18.9 Å². The molecule has 2 heterocycles. The van der Waals surface area contributed by atoms with Gasteiger partial charge in [-0.15, -0.1) is 0 Å². The lowest BCUT2D eigenvalue weighted by molar-refractivity contribution is 0.000592. The Balaban J connectivity index is 1.55. The minimum Gasteiger partial charge on any atom is -0.383 e. The lowest BCUT2D eigenvalue weighted by Gasteiger charge is -2.27. The average molecular weight is 452 g/mol. The molecule has 1 aliphatic rings. The molecule has 2 unspecified atom stereocenters. The van der Waals surface area contributed by atoms with Crippen LogP contribution in [0.15, 0.2) is 48.5 Å². The van der Waals surface area contributed by atoms with Gasteiger partial charge in [0.1, 0.15) is 23.2 Å². The van der Waals surface area contributed by atoms with Crippen molar-refractivity contribution in [2.45, 2.75) is 32.1 Å². The second kappa shape index (κ2) is 9.41. The van der Waals surface area contributed by atoms with Gasteiger partial charge >= 0.3 is 0 Å². The summed E-state index contributed by atoms with van der Waals surface area (Å²) in [4.78, 5) is 24.6. The number of aromatic nitrogens is 2. The zero-order valence-corrected chi connectivity index (χ0v) is 18.3. The number of primary amides is 1. The third kappa shape index (κ3) is 4.58. The highest BCUT2D eigenvalue weighted by Crippen LogP contribution is 2.33. The van der Waals surface area contributed by atoms with Gasteiger partial charge in [-0.3, -0.25) is 9.59 Å². The molecule has 0 bridgehead atoms. The van der Waals surface area contributed by atoms with Crippen molar-refractivity contribution in [1.82, 2.24) is 15.1 Å². The maximum Gasteiger partial charge on any atom is 0.254 e. The number of anilines is 1. The van der Waals surface area contributed by atoms with Gasteiger partial charge in [-0.25, -0.2) is 9.07 Å². The zero-order chi connectivity index (χ0) is 23.5. The minimum absolute atomic E-state index is 0.0432. The summed E-state index contributed by atoms with van der Waals surface area (Å²) < 4.78 is 20.9. The standard InChI is InChI=1S/C24H26FN5O3/c1-14-4-2-3-5-17(14)24(32)28-12-15-6-8-16(9-7-15)21-20(23(27)31)22(26)30(29-21)19-10-11-33-13-18(19)25/h2-9,18-19H,10-13,26H2,1H3,(H2,27,31)(H,28,32). The maximum atomic E-state index is 14.4. The molecule has 0 spiro atoms. The Labute approximate surface area is 190 Å². The highest BCUT2D eigenvalue weighted by Gasteiger charge is 2.32. The molecule has 1 fully saturated rings. The molecule has 3 aromatic rings. The van der Waals surface area contributed by atoms with Crippen molar-refractivity contribution in [3.8, 4) is 11.3 Å². The van der Waals surface area contributed by atoms with E-state index in [-0.39, 0.29) is 23.9 Å². The molecule has 1 saturated heterocycles. The first kappa shape index (κ1) is 22.5. The first-order chi connectivity index (χ1) is 15.9. The molecule has 8 nitrogen and oxygen atoms in total. The van der Waals surface area contributed by atoms with E-state index in [0.29, 0.717) is 36.4 Å². The van der Waals surface area contributed by atoms with E-state index in [1.54, 1.807) is 18.2 Å². The van der Waals surface area contributed by atoms with Gasteiger partial charge in [-0.1, -0.05) is 42.5 Å². The Morgan fingerprint density at radius 2 is 1.94 bits per heavy atom. The van der Waals surface area contributed by atoms with Gasteiger partial charge in [0.05, 0.1) is 12.6 Å². The first-order valence-electron chi connectivity index (χ1n) is 10.7. The normalized spacial score (nSPS) is 18.1. The minimum atomic E-state index is -1.28. The number of carbonyl (C=O) groups excluding carboxylic acids is 2. The third-order valence-corrected chi connectivity index (χ3v) is 5.83. The molecule has 172 valence electrons. The van der Waals surface area contributed by atoms with Crippen LogP contribution in [0.1, 0.15) is 44.3 Å². The van der Waals surface area contributed by atoms with Crippen molar-refractivity contribution >= 4 is 17.6 Å². The molecular formula is C24H26FN5O3. The highest BCUT2D eigenvalue weighted by atomic mass is 19.1. The SMILES string of the molecule is Cc1ccccc1C(=O)NCc1ccc(-c2nn(C3CCOCC3F)c(N)c2C(N)=O)cc1. The number of amides is 2. The quantitative estimate of drug-likeness (QED) is 0.531. The number of hydrogen-bond acceptors (Lipinski definition) is 5. The third-order valence-electron chi connectivity index (χ3n) is 5.83. The number of nitrogen functional groups attached to an aromatic ring is 1. The van der Waals surface area contributed by atoms with E-state index in [0.717, 1.165) is 11.1 Å². The number of carbonyl (C=O) groups is 2. The maximum absolute atomic E-state index is 14.4. The molecule has 5 N–H and O–H groups in total. The molecule has 0 radical (unpaired) electrons. The van der Waals surface area contributed by atoms with Crippen LogP contribution >= 0.6 is 0 Å². The van der Waals surface area contributed by atoms with Gasteiger partial charge in [0.25, 0.3) is 11.8 Å². The van der Waals surface area contributed by atoms with Crippen molar-refractivity contribution in [3.63, 3.8) is 0 Å². The van der Waals surface area contributed by atoms with Crippen LogP contribution < -0.4 is 16.8 Å². The van der Waals surface area contributed by atoms with E-state index >= 15 is 0 Å². The smallest absolute Gasteiger partial charge is 0.254 e. The summed E-state index contributed by atoms with van der Waals surface area (Å²) in [5, 5.41) is 7.35. The Morgan fingerprint density at radius 3 is 2.61 bits per heavy atom. The van der Waals surface area contributed by atoms with E-state index in [9.17, 15) is 14.0 Å². The molecule has 1 aromatic heterocycles. The number of halogens is 1. The Hall–Kier alpha value is -3.72. The van der Waals surface area contributed by atoms with Crippen molar-refractivity contribution in [1.29, 1.82) is 0 Å². The molecule has 4 rings (SSSR count). The molecule has 2 amide bonds. The molecule has 0 saturated carbocycles. The topological polar surface area (TPSA) is 125 Å². The van der Waals surface area contributed by atoms with Gasteiger partial charge in [-0.05, 0) is 30.5 Å². The summed E-state index contributed by atoms with van der Waals surface area (Å²) in [5.74, 6) is -0.843. The monoisotopic (exact) mass is 451 g/mol. The second-order valence-corrected chi connectivity index (χ2v) is 8.06. The molecule has 2 aromatic carbocycles. The number of rotatable bonds is 6. The van der Waals surface area contributed by atoms with Gasteiger partial charge in [-0.2, -0.15) is 5.10 Å². The number of benzene rings is 2. The van der Waals surface area contributed by atoms with Gasteiger partial charge in [0.2, 0.25) is 0 Å². The largest absolute Gasteiger partial charge is 0.383 e. The van der Waals surface area contributed by atoms with Crippen molar-refractivity contribution in [3.05, 3.63) is 70.8 Å². The van der Waals surface area contributed by atoms with Crippen LogP contribution in [0.5, 0.6) is 0 Å². The second-order valence-electron chi connectivity index (χ2n) is 8.06. The first-order valence-corrected chi connectivity index (χ1v) is 10.7. The number of nitrogens with zero attached hydrogens (tertiary/aromatic N) is 2. The molecule has 33 heavy (non-hydrogen) atoms. The molecular weight excluding hydrogens is 425 g/mol. The summed E-state index contributed by atoms with van der Waals surface area (Å²) in [5.41, 5.74) is 15.1. The van der Waals surface area contributed by atoms with E-state index in [2.05, 4.69) is 10.4 Å². The lowest BCUT2D eigenvalue weighted by Crippen LogP contribution is -2.32. The number of alkyl halides is 1. The summed E-state index contributed by atoms with van der Waals surface area (Å²) >= 11 is 0. The van der Waals surface area contributed by atoms with E-state index in [4.69, 9.17) is 16.2 Å². The summed E-state index contributed by atoms with van der Waals surface area (Å²) in [6, 6.07) is 13.9. The van der Waals surface area contributed by atoms with Crippen LogP contribution in [0.2, 0.25) is 0 Å². The highest BCUT2D eigenvalue weighted by molar-refractivity contribution is 6.03. The summed E-state index contributed by atoms with van der Waals surface area (Å²) in [7, 11) is 0. The number of hydrogen-bond donors (Lipinski definition) is 3. The summed E-state index contributed by atoms with van der Waals surface area (Å²) in [6.07, 6.45) is -0.890. The fourth-order valence-electron chi connectivity index (χ4n) is 4.00. The van der Waals surface area contributed by atoms with Crippen LogP contribution in [-0.4, -0.2) is 41.0 Å².